The molecule has 0 amide bonds. The molecule has 0 aliphatic carbocycles. The Bertz CT molecular complexity index is 120. The third-order valence-corrected chi connectivity index (χ3v) is 0.408. The molecule has 0 radical (unpaired) electrons. The minimum absolute atomic E-state index is 0. The summed E-state index contributed by atoms with van der Waals surface area (Å²) in [5.41, 5.74) is 0. The molecule has 13 heavy (non-hydrogen) atoms. The Labute approximate surface area is 117 Å². The normalized spacial score (nSPS) is 11.2. The van der Waals surface area contributed by atoms with Gasteiger partial charge in [-0.3, -0.25) is 0 Å². The Morgan fingerprint density at radius 1 is 1.38 bits per heavy atom. The maximum absolute atomic E-state index is 8.88. The molecule has 0 fully saturated rings. The first-order chi connectivity index (χ1) is 4.77. The maximum Gasteiger partial charge on any atom is 0 e. The maximum atomic E-state index is 8.88. The van der Waals surface area contributed by atoms with Gasteiger partial charge in [0.05, 0.1) is 12.7 Å². The average molecular weight is 289 g/mol. The largest absolute Gasteiger partial charge is 0 e. The summed E-state index contributed by atoms with van der Waals surface area (Å²) < 4.78 is 13.4. The van der Waals surface area contributed by atoms with Gasteiger partial charge in [0.15, 0.2) is 0 Å². The number of methoxy groups -OCH3 is 1. The first-order valence-corrected chi connectivity index (χ1v) is 4.29. The van der Waals surface area contributed by atoms with Gasteiger partial charge in [0, 0.05) is 23.6 Å². The zero-order valence-electron chi connectivity index (χ0n) is 6.65. The molecule has 0 spiro atoms. The smallest absolute Gasteiger partial charge is 0 e. The van der Waals surface area contributed by atoms with E-state index >= 15 is 0 Å². The van der Waals surface area contributed by atoms with Gasteiger partial charge in [0.2, 0.25) is 0 Å². The molecule has 0 aliphatic heterocycles. The van der Waals surface area contributed by atoms with Crippen molar-refractivity contribution in [3.63, 3.8) is 0 Å². The van der Waals surface area contributed by atoms with Gasteiger partial charge in [0.25, 0.3) is 0 Å². The second-order valence-corrected chi connectivity index (χ2v) is 2.84. The predicted octanol–water partition coefficient (Wildman–Crippen LogP) is -1.83. The Morgan fingerprint density at radius 2 is 1.62 bits per heavy atom. The molecule has 0 aromatic carbocycles. The quantitative estimate of drug-likeness (QED) is 0.352. The standard InChI is InChI=1S/C4H10O2.Ca.Ni.H3O4P.2H/c1-4(5)3-6-2;;;1-5(2,3)4;;/h4-5H,3H2,1-2H3;;;(H3,1,2,3,4);;. The molecule has 0 bridgehead atoms. The van der Waals surface area contributed by atoms with Crippen molar-refractivity contribution in [2.45, 2.75) is 13.0 Å². The molecule has 4 N–H and O–H groups in total. The van der Waals surface area contributed by atoms with Crippen molar-refractivity contribution >= 4 is 45.6 Å². The first-order valence-electron chi connectivity index (χ1n) is 2.72. The van der Waals surface area contributed by atoms with Crippen molar-refractivity contribution < 1.29 is 45.6 Å². The van der Waals surface area contributed by atoms with E-state index in [1.165, 1.54) is 0 Å². The van der Waals surface area contributed by atoms with E-state index < -0.39 is 7.82 Å². The fourth-order valence-electron chi connectivity index (χ4n) is 0.241. The fourth-order valence-corrected chi connectivity index (χ4v) is 0.241. The van der Waals surface area contributed by atoms with Crippen LogP contribution in [0.25, 0.3) is 0 Å². The Hall–Kier alpha value is 1.78. The second-order valence-electron chi connectivity index (χ2n) is 1.82. The van der Waals surface area contributed by atoms with Crippen molar-refractivity contribution in [3.8, 4) is 0 Å². The third kappa shape index (κ3) is 83.6. The molecule has 84 valence electrons. The molecular formula is C4H15CaNiO6P. The van der Waals surface area contributed by atoms with E-state index in [2.05, 4.69) is 4.74 Å². The van der Waals surface area contributed by atoms with E-state index in [9.17, 15) is 0 Å². The van der Waals surface area contributed by atoms with Gasteiger partial charge in [0.1, 0.15) is 0 Å². The summed E-state index contributed by atoms with van der Waals surface area (Å²) in [5, 5.41) is 8.43. The minimum Gasteiger partial charge on any atom is 0 e. The molecule has 6 nitrogen and oxygen atoms in total. The van der Waals surface area contributed by atoms with E-state index in [4.69, 9.17) is 24.4 Å². The van der Waals surface area contributed by atoms with Gasteiger partial charge in [-0.2, -0.15) is 0 Å². The molecule has 0 saturated heterocycles. The van der Waals surface area contributed by atoms with Crippen molar-refractivity contribution in [2.75, 3.05) is 13.7 Å². The van der Waals surface area contributed by atoms with E-state index in [0.29, 0.717) is 6.61 Å². The number of phosphoric acid groups is 1. The molecule has 0 aromatic rings. The Morgan fingerprint density at radius 3 is 1.62 bits per heavy atom. The van der Waals surface area contributed by atoms with Gasteiger partial charge in [-0.25, -0.2) is 4.57 Å². The number of aliphatic hydroxyl groups excluding tert-OH is 1. The molecule has 1 atom stereocenters. The molecule has 9 heteroatoms. The molecule has 0 heterocycles. The second kappa shape index (κ2) is 13.8. The third-order valence-electron chi connectivity index (χ3n) is 0.408. The summed E-state index contributed by atoms with van der Waals surface area (Å²) >= 11 is 0. The minimum atomic E-state index is -4.64. The number of hydrogen-bond acceptors (Lipinski definition) is 3. The van der Waals surface area contributed by atoms with E-state index in [1.807, 2.05) is 0 Å². The van der Waals surface area contributed by atoms with Crippen LogP contribution >= 0.6 is 7.82 Å². The van der Waals surface area contributed by atoms with Crippen LogP contribution in [0.2, 0.25) is 0 Å². The van der Waals surface area contributed by atoms with Gasteiger partial charge in [-0.05, 0) is 6.92 Å². The molecule has 1 unspecified atom stereocenters. The summed E-state index contributed by atoms with van der Waals surface area (Å²) in [7, 11) is -3.08. The van der Waals surface area contributed by atoms with Crippen LogP contribution in [-0.2, 0) is 25.8 Å². The fraction of sp³-hybridized carbons (Fsp3) is 1.00. The number of ether oxygens (including phenoxy) is 1. The predicted molar refractivity (Wildman–Crippen MR) is 46.4 cm³/mol. The summed E-state index contributed by atoms with van der Waals surface area (Å²) in [5.74, 6) is 0. The average Bonchev–Trinajstić information content (AvgIpc) is 1.58. The molecule has 0 aromatic heterocycles. The number of hydrogen-bond donors (Lipinski definition) is 4. The van der Waals surface area contributed by atoms with Crippen LogP contribution in [0, 0.1) is 0 Å². The molecular weight excluding hydrogens is 274 g/mol. The van der Waals surface area contributed by atoms with Gasteiger partial charge in [-0.1, -0.05) is 0 Å². The van der Waals surface area contributed by atoms with Crippen molar-refractivity contribution in [3.05, 3.63) is 0 Å². The zero-order chi connectivity index (χ0) is 9.49. The SMILES string of the molecule is COCC(C)O.O=P(O)(O)O.[CaH2].[Ni]. The Kier molecular flexibility index (Phi) is 25.6. The van der Waals surface area contributed by atoms with Crippen LogP contribution in [0.4, 0.5) is 0 Å². The van der Waals surface area contributed by atoms with Gasteiger partial charge in [-0.15, -0.1) is 0 Å². The summed E-state index contributed by atoms with van der Waals surface area (Å²) in [6.07, 6.45) is -0.324. The Balaban J connectivity index is -0.0000000546. The molecule has 0 aliphatic rings. The molecule has 0 saturated carbocycles. The summed E-state index contributed by atoms with van der Waals surface area (Å²) in [4.78, 5) is 21.6. The monoisotopic (exact) mass is 288 g/mol. The van der Waals surface area contributed by atoms with Gasteiger partial charge >= 0.3 is 45.6 Å². The number of rotatable bonds is 2. The topological polar surface area (TPSA) is 107 Å². The van der Waals surface area contributed by atoms with Crippen LogP contribution in [0.3, 0.4) is 0 Å². The van der Waals surface area contributed by atoms with Gasteiger partial charge < -0.3 is 24.5 Å². The summed E-state index contributed by atoms with van der Waals surface area (Å²) in [6, 6.07) is 0. The van der Waals surface area contributed by atoms with Crippen LogP contribution in [0.15, 0.2) is 0 Å². The van der Waals surface area contributed by atoms with Crippen LogP contribution in [-0.4, -0.2) is 77.3 Å². The number of aliphatic hydroxyl groups is 1. The van der Waals surface area contributed by atoms with Crippen molar-refractivity contribution in [1.29, 1.82) is 0 Å². The van der Waals surface area contributed by atoms with E-state index in [0.717, 1.165) is 0 Å². The molecule has 0 rings (SSSR count). The van der Waals surface area contributed by atoms with Crippen LogP contribution in [0.5, 0.6) is 0 Å². The zero-order valence-corrected chi connectivity index (χ0v) is 8.54. The van der Waals surface area contributed by atoms with Crippen molar-refractivity contribution in [2.24, 2.45) is 0 Å². The van der Waals surface area contributed by atoms with E-state index in [1.54, 1.807) is 14.0 Å². The summed E-state index contributed by atoms with van der Waals surface area (Å²) in [6.45, 7) is 2.11. The first kappa shape index (κ1) is 24.2. The van der Waals surface area contributed by atoms with Crippen LogP contribution < -0.4 is 0 Å². The van der Waals surface area contributed by atoms with Crippen LogP contribution in [0.1, 0.15) is 6.92 Å². The van der Waals surface area contributed by atoms with E-state index in [-0.39, 0.29) is 60.3 Å². The van der Waals surface area contributed by atoms with Crippen molar-refractivity contribution in [1.82, 2.24) is 0 Å².